The summed E-state index contributed by atoms with van der Waals surface area (Å²) in [7, 11) is 0. The lowest BCUT2D eigenvalue weighted by atomic mass is 9.81. The molecule has 0 spiro atoms. The van der Waals surface area contributed by atoms with Gasteiger partial charge in [-0.3, -0.25) is 4.79 Å². The highest BCUT2D eigenvalue weighted by atomic mass is 32.1. The number of ether oxygens (including phenoxy) is 1. The lowest BCUT2D eigenvalue weighted by Crippen LogP contribution is -2.43. The van der Waals surface area contributed by atoms with Crippen LogP contribution in [0.3, 0.4) is 0 Å². The normalized spacial score (nSPS) is 23.5. The minimum Gasteiger partial charge on any atom is -0.464 e. The van der Waals surface area contributed by atoms with Gasteiger partial charge in [-0.05, 0) is 45.4 Å². The van der Waals surface area contributed by atoms with Crippen LogP contribution >= 0.6 is 22.7 Å². The van der Waals surface area contributed by atoms with Crippen LogP contribution < -0.4 is 10.1 Å². The predicted molar refractivity (Wildman–Crippen MR) is 129 cm³/mol. The summed E-state index contributed by atoms with van der Waals surface area (Å²) in [6.07, 6.45) is 4.33. The van der Waals surface area contributed by atoms with Gasteiger partial charge < -0.3 is 15.0 Å². The van der Waals surface area contributed by atoms with Gasteiger partial charge >= 0.3 is 0 Å². The second-order valence-corrected chi connectivity index (χ2v) is 12.0. The maximum Gasteiger partial charge on any atom is 0.278 e. The lowest BCUT2D eigenvalue weighted by Gasteiger charge is -2.35. The first-order valence-corrected chi connectivity index (χ1v) is 13.7. The maximum atomic E-state index is 15.5. The fourth-order valence-corrected chi connectivity index (χ4v) is 6.22. The van der Waals surface area contributed by atoms with Crippen LogP contribution in [-0.2, 0) is 24.1 Å². The molecule has 0 saturated heterocycles. The number of amides is 1. The van der Waals surface area contributed by atoms with E-state index in [0.717, 1.165) is 42.0 Å². The highest BCUT2D eigenvalue weighted by Crippen LogP contribution is 2.36. The van der Waals surface area contributed by atoms with Crippen molar-refractivity contribution in [2.24, 2.45) is 0 Å². The predicted octanol–water partition coefficient (Wildman–Crippen LogP) is 4.14. The van der Waals surface area contributed by atoms with Gasteiger partial charge in [-0.1, -0.05) is 11.3 Å². The van der Waals surface area contributed by atoms with Gasteiger partial charge in [0.1, 0.15) is 15.7 Å². The van der Waals surface area contributed by atoms with Crippen LogP contribution in [0.2, 0.25) is 0 Å². The van der Waals surface area contributed by atoms with Gasteiger partial charge in [-0.2, -0.15) is 0 Å². The van der Waals surface area contributed by atoms with E-state index in [-0.39, 0.29) is 18.4 Å². The molecule has 0 atom stereocenters. The Hall–Kier alpha value is -1.79. The monoisotopic (exact) mass is 531 g/mol. The van der Waals surface area contributed by atoms with Gasteiger partial charge in [0, 0.05) is 43.9 Å². The summed E-state index contributed by atoms with van der Waals surface area (Å²) in [5.41, 5.74) is -0.305. The first-order valence-electron chi connectivity index (χ1n) is 12.1. The topological polar surface area (TPSA) is 80.2 Å². The number of carbonyl (C=O) groups excluding carboxylic acids is 1. The Morgan fingerprint density at radius 1 is 1.23 bits per heavy atom. The van der Waals surface area contributed by atoms with Crippen molar-refractivity contribution in [3.05, 3.63) is 20.6 Å². The van der Waals surface area contributed by atoms with Gasteiger partial charge in [0.15, 0.2) is 6.61 Å². The van der Waals surface area contributed by atoms with Crippen molar-refractivity contribution in [2.45, 2.75) is 82.8 Å². The van der Waals surface area contributed by atoms with Gasteiger partial charge in [0.2, 0.25) is 5.91 Å². The Morgan fingerprint density at radius 3 is 2.66 bits per heavy atom. The SMILES string of the molecule is Cc1nnc(CC(=O)NC2CCC(F)(CCN3CCc4nc(OCC(C)(F)F)sc4CC3)CC2)s1. The van der Waals surface area contributed by atoms with Crippen molar-refractivity contribution in [3.63, 3.8) is 0 Å². The first-order chi connectivity index (χ1) is 16.6. The summed E-state index contributed by atoms with van der Waals surface area (Å²) >= 11 is 2.75. The molecular formula is C23H32F3N5O2S2. The molecule has 1 fully saturated rings. The number of hydrogen-bond acceptors (Lipinski definition) is 8. The number of thiazole rings is 1. The van der Waals surface area contributed by atoms with E-state index in [9.17, 15) is 13.6 Å². The van der Waals surface area contributed by atoms with Crippen molar-refractivity contribution in [1.29, 1.82) is 0 Å². The van der Waals surface area contributed by atoms with E-state index in [1.54, 1.807) is 0 Å². The molecule has 0 aromatic carbocycles. The number of alkyl halides is 3. The van der Waals surface area contributed by atoms with Crippen LogP contribution in [0.1, 0.15) is 59.6 Å². The van der Waals surface area contributed by atoms with Crippen molar-refractivity contribution in [1.82, 2.24) is 25.4 Å². The number of carbonyl (C=O) groups is 1. The molecule has 1 N–H and O–H groups in total. The molecule has 3 heterocycles. The van der Waals surface area contributed by atoms with Gasteiger partial charge in [-0.15, -0.1) is 21.5 Å². The molecule has 2 aliphatic rings. The third kappa shape index (κ3) is 7.85. The smallest absolute Gasteiger partial charge is 0.278 e. The average molecular weight is 532 g/mol. The van der Waals surface area contributed by atoms with E-state index in [2.05, 4.69) is 25.4 Å². The molecule has 12 heteroatoms. The molecule has 2 aromatic rings. The fraction of sp³-hybridized carbons (Fsp3) is 0.739. The van der Waals surface area contributed by atoms with E-state index in [0.29, 0.717) is 55.3 Å². The molecule has 35 heavy (non-hydrogen) atoms. The van der Waals surface area contributed by atoms with E-state index >= 15 is 4.39 Å². The van der Waals surface area contributed by atoms with E-state index < -0.39 is 18.2 Å². The van der Waals surface area contributed by atoms with Crippen molar-refractivity contribution >= 4 is 28.6 Å². The number of nitrogens with zero attached hydrogens (tertiary/aromatic N) is 4. The van der Waals surface area contributed by atoms with Crippen molar-refractivity contribution in [2.75, 3.05) is 26.2 Å². The molecule has 1 aliphatic carbocycles. The summed E-state index contributed by atoms with van der Waals surface area (Å²) < 4.78 is 46.7. The number of halogens is 3. The molecule has 2 aromatic heterocycles. The van der Waals surface area contributed by atoms with Gasteiger partial charge in [0.05, 0.1) is 12.1 Å². The largest absolute Gasteiger partial charge is 0.464 e. The third-order valence-corrected chi connectivity index (χ3v) is 8.44. The Labute approximate surface area is 211 Å². The number of rotatable bonds is 9. The molecular weight excluding hydrogens is 499 g/mol. The van der Waals surface area contributed by atoms with E-state index in [1.807, 2.05) is 6.92 Å². The minimum atomic E-state index is -2.88. The standard InChI is InChI=1S/C23H32F3N5O2S2/c1-15-29-30-20(34-15)13-19(32)27-16-3-7-23(26,8-4-16)9-12-31-10-5-17-18(6-11-31)35-21(28-17)33-14-22(2,24)25/h16H,3-14H2,1-2H3,(H,27,32). The molecule has 0 unspecified atom stereocenters. The van der Waals surface area contributed by atoms with Crippen LogP contribution in [0.25, 0.3) is 0 Å². The zero-order valence-electron chi connectivity index (χ0n) is 20.1. The van der Waals surface area contributed by atoms with Crippen molar-refractivity contribution < 1.29 is 22.7 Å². The Balaban J connectivity index is 1.17. The van der Waals surface area contributed by atoms with Crippen LogP contribution in [0.5, 0.6) is 5.19 Å². The maximum absolute atomic E-state index is 15.5. The second kappa shape index (κ2) is 11.1. The lowest BCUT2D eigenvalue weighted by molar-refractivity contribution is -0.121. The molecule has 4 rings (SSSR count). The number of hydrogen-bond donors (Lipinski definition) is 1. The zero-order chi connectivity index (χ0) is 25.1. The van der Waals surface area contributed by atoms with E-state index in [4.69, 9.17) is 4.74 Å². The van der Waals surface area contributed by atoms with Crippen LogP contribution in [-0.4, -0.2) is 69.9 Å². The quantitative estimate of drug-likeness (QED) is 0.524. The van der Waals surface area contributed by atoms with E-state index in [1.165, 1.54) is 22.7 Å². The molecule has 7 nitrogen and oxygen atoms in total. The Bertz CT molecular complexity index is 976. The summed E-state index contributed by atoms with van der Waals surface area (Å²) in [4.78, 5) is 20.0. The number of aromatic nitrogens is 3. The van der Waals surface area contributed by atoms with Gasteiger partial charge in [0.25, 0.3) is 11.1 Å². The highest BCUT2D eigenvalue weighted by Gasteiger charge is 2.36. The summed E-state index contributed by atoms with van der Waals surface area (Å²) in [5.74, 6) is -2.97. The number of nitrogens with one attached hydrogen (secondary N) is 1. The Morgan fingerprint density at radius 2 is 1.97 bits per heavy atom. The minimum absolute atomic E-state index is 0.00436. The molecule has 1 amide bonds. The summed E-state index contributed by atoms with van der Waals surface area (Å²) in [6.45, 7) is 4.24. The average Bonchev–Trinajstić information content (AvgIpc) is 3.33. The van der Waals surface area contributed by atoms with Crippen molar-refractivity contribution in [3.8, 4) is 5.19 Å². The first kappa shape index (κ1) is 26.3. The van der Waals surface area contributed by atoms with Crippen LogP contribution in [0.4, 0.5) is 13.2 Å². The second-order valence-electron chi connectivity index (χ2n) is 9.68. The summed E-state index contributed by atoms with van der Waals surface area (Å²) in [6, 6.07) is 0.00436. The highest BCUT2D eigenvalue weighted by molar-refractivity contribution is 7.13. The van der Waals surface area contributed by atoms with Crippen LogP contribution in [0, 0.1) is 6.92 Å². The van der Waals surface area contributed by atoms with Crippen LogP contribution in [0.15, 0.2) is 0 Å². The Kier molecular flexibility index (Phi) is 8.32. The molecule has 194 valence electrons. The number of aryl methyl sites for hydroxylation is 1. The summed E-state index contributed by atoms with van der Waals surface area (Å²) in [5, 5.41) is 12.8. The third-order valence-electron chi connectivity index (χ3n) is 6.53. The number of fused-ring (bicyclic) bond motifs is 1. The zero-order valence-corrected chi connectivity index (χ0v) is 21.8. The molecule has 1 saturated carbocycles. The molecule has 0 radical (unpaired) electrons. The molecule has 0 bridgehead atoms. The van der Waals surface area contributed by atoms with Gasteiger partial charge in [-0.25, -0.2) is 18.2 Å². The molecule has 1 aliphatic heterocycles. The fourth-order valence-electron chi connectivity index (χ4n) is 4.57.